The molecular weight excluding hydrogens is 503 g/mol. The van der Waals surface area contributed by atoms with Crippen molar-refractivity contribution in [1.29, 1.82) is 0 Å². The van der Waals surface area contributed by atoms with E-state index >= 15 is 0 Å². The predicted octanol–water partition coefficient (Wildman–Crippen LogP) is 5.52. The summed E-state index contributed by atoms with van der Waals surface area (Å²) in [5.41, 5.74) is 2.51. The fourth-order valence-corrected chi connectivity index (χ4v) is 4.14. The highest BCUT2D eigenvalue weighted by molar-refractivity contribution is 6.32. The van der Waals surface area contributed by atoms with Crippen LogP contribution < -0.4 is 10.2 Å². The first kappa shape index (κ1) is 25.2. The van der Waals surface area contributed by atoms with Crippen molar-refractivity contribution in [3.63, 3.8) is 0 Å². The van der Waals surface area contributed by atoms with E-state index in [2.05, 4.69) is 10.2 Å². The lowest BCUT2D eigenvalue weighted by Crippen LogP contribution is -2.48. The van der Waals surface area contributed by atoms with Gasteiger partial charge in [0.15, 0.2) is 0 Å². The van der Waals surface area contributed by atoms with Crippen LogP contribution in [0.5, 0.6) is 0 Å². The van der Waals surface area contributed by atoms with Crippen LogP contribution in [0.3, 0.4) is 0 Å². The van der Waals surface area contributed by atoms with Crippen LogP contribution in [0, 0.1) is 10.1 Å². The van der Waals surface area contributed by atoms with Crippen molar-refractivity contribution in [2.24, 2.45) is 0 Å². The van der Waals surface area contributed by atoms with Gasteiger partial charge in [-0.3, -0.25) is 19.7 Å². The molecule has 184 valence electrons. The largest absolute Gasteiger partial charge is 0.368 e. The van der Waals surface area contributed by atoms with Gasteiger partial charge in [-0.05, 0) is 66.2 Å². The highest BCUT2D eigenvalue weighted by Crippen LogP contribution is 2.26. The van der Waals surface area contributed by atoms with Crippen LogP contribution >= 0.6 is 23.2 Å². The summed E-state index contributed by atoms with van der Waals surface area (Å²) in [6.45, 7) is 2.60. The van der Waals surface area contributed by atoms with Gasteiger partial charge in [0.2, 0.25) is 5.91 Å². The number of nitro groups is 1. The van der Waals surface area contributed by atoms with Gasteiger partial charge in [0, 0.05) is 60.3 Å². The van der Waals surface area contributed by atoms with Gasteiger partial charge < -0.3 is 15.1 Å². The second-order valence-corrected chi connectivity index (χ2v) is 8.97. The average Bonchev–Trinajstić information content (AvgIpc) is 2.88. The van der Waals surface area contributed by atoms with Gasteiger partial charge in [-0.15, -0.1) is 0 Å². The van der Waals surface area contributed by atoms with E-state index in [0.29, 0.717) is 48.0 Å². The Kier molecular flexibility index (Phi) is 7.87. The molecule has 0 aromatic heterocycles. The summed E-state index contributed by atoms with van der Waals surface area (Å²) in [5, 5.41) is 14.4. The lowest BCUT2D eigenvalue weighted by Gasteiger charge is -2.36. The summed E-state index contributed by atoms with van der Waals surface area (Å²) in [5.74, 6) is -0.375. The fraction of sp³-hybridized carbons (Fsp3) is 0.154. The van der Waals surface area contributed by atoms with Crippen LogP contribution in [0.25, 0.3) is 6.08 Å². The first-order valence-electron chi connectivity index (χ1n) is 11.1. The lowest BCUT2D eigenvalue weighted by molar-refractivity contribution is -0.384. The molecule has 1 aliphatic rings. The number of piperazine rings is 1. The van der Waals surface area contributed by atoms with Crippen LogP contribution in [-0.2, 0) is 4.79 Å². The van der Waals surface area contributed by atoms with Crippen LogP contribution in [-0.4, -0.2) is 47.8 Å². The number of hydrogen-bond acceptors (Lipinski definition) is 5. The molecule has 4 rings (SSSR count). The molecule has 1 fully saturated rings. The Morgan fingerprint density at radius 2 is 1.58 bits per heavy atom. The van der Waals surface area contributed by atoms with Gasteiger partial charge in [-0.25, -0.2) is 0 Å². The molecule has 0 saturated carbocycles. The zero-order chi connectivity index (χ0) is 25.7. The number of rotatable bonds is 6. The summed E-state index contributed by atoms with van der Waals surface area (Å²) in [6.07, 6.45) is 2.79. The number of carbonyl (C=O) groups is 2. The Hall–Kier alpha value is -3.88. The van der Waals surface area contributed by atoms with Crippen LogP contribution in [0.2, 0.25) is 10.0 Å². The maximum Gasteiger partial charge on any atom is 0.288 e. The highest BCUT2D eigenvalue weighted by Gasteiger charge is 2.22. The average molecular weight is 525 g/mol. The zero-order valence-corrected chi connectivity index (χ0v) is 20.6. The quantitative estimate of drug-likeness (QED) is 0.260. The van der Waals surface area contributed by atoms with Crippen molar-refractivity contribution in [1.82, 2.24) is 4.90 Å². The molecule has 0 spiro atoms. The topological polar surface area (TPSA) is 95.8 Å². The second kappa shape index (κ2) is 11.2. The first-order valence-corrected chi connectivity index (χ1v) is 11.9. The van der Waals surface area contributed by atoms with Gasteiger partial charge in [-0.1, -0.05) is 29.3 Å². The summed E-state index contributed by atoms with van der Waals surface area (Å²) >= 11 is 11.7. The van der Waals surface area contributed by atoms with Crippen LogP contribution in [0.1, 0.15) is 15.9 Å². The predicted molar refractivity (Wildman–Crippen MR) is 142 cm³/mol. The lowest BCUT2D eigenvalue weighted by atomic mass is 10.1. The molecule has 1 saturated heterocycles. The van der Waals surface area contributed by atoms with Crippen molar-refractivity contribution in [2.45, 2.75) is 0 Å². The van der Waals surface area contributed by atoms with Gasteiger partial charge in [0.05, 0.1) is 4.92 Å². The number of nitro benzene ring substituents is 1. The van der Waals surface area contributed by atoms with Gasteiger partial charge >= 0.3 is 0 Å². The second-order valence-electron chi connectivity index (χ2n) is 8.12. The van der Waals surface area contributed by atoms with E-state index in [1.807, 2.05) is 17.0 Å². The summed E-state index contributed by atoms with van der Waals surface area (Å²) in [7, 11) is 0. The summed E-state index contributed by atoms with van der Waals surface area (Å²) in [6, 6.07) is 18.7. The Morgan fingerprint density at radius 3 is 2.22 bits per heavy atom. The fourth-order valence-electron chi connectivity index (χ4n) is 3.83. The molecule has 0 aliphatic carbocycles. The Labute approximate surface area is 217 Å². The number of halogens is 2. The van der Waals surface area contributed by atoms with E-state index in [-0.39, 0.29) is 22.5 Å². The smallest absolute Gasteiger partial charge is 0.288 e. The highest BCUT2D eigenvalue weighted by atomic mass is 35.5. The van der Waals surface area contributed by atoms with E-state index in [1.165, 1.54) is 24.3 Å². The molecule has 0 radical (unpaired) electrons. The molecule has 1 N–H and O–H groups in total. The van der Waals surface area contributed by atoms with E-state index < -0.39 is 4.92 Å². The number of amides is 2. The van der Waals surface area contributed by atoms with E-state index in [4.69, 9.17) is 23.2 Å². The molecular formula is C26H22Cl2N4O4. The maximum absolute atomic E-state index is 12.7. The molecule has 1 heterocycles. The normalized spacial score (nSPS) is 13.6. The molecule has 0 atom stereocenters. The van der Waals surface area contributed by atoms with Gasteiger partial charge in [0.1, 0.15) is 5.02 Å². The van der Waals surface area contributed by atoms with E-state index in [9.17, 15) is 19.7 Å². The third-order valence-electron chi connectivity index (χ3n) is 5.75. The third kappa shape index (κ3) is 6.21. The molecule has 0 unspecified atom stereocenters. The minimum atomic E-state index is -0.571. The molecule has 1 aliphatic heterocycles. The number of hydrogen-bond donors (Lipinski definition) is 1. The number of carbonyl (C=O) groups excluding carboxylic acids is 2. The number of nitrogens with one attached hydrogen (secondary N) is 1. The minimum absolute atomic E-state index is 0.00867. The third-order valence-corrected chi connectivity index (χ3v) is 6.32. The monoisotopic (exact) mass is 524 g/mol. The molecule has 0 bridgehead atoms. The van der Waals surface area contributed by atoms with Gasteiger partial charge in [0.25, 0.3) is 11.6 Å². The summed E-state index contributed by atoms with van der Waals surface area (Å²) in [4.78, 5) is 39.4. The molecule has 3 aromatic rings. The molecule has 10 heteroatoms. The molecule has 2 amide bonds. The van der Waals surface area contributed by atoms with Crippen LogP contribution in [0.15, 0.2) is 72.8 Å². The van der Waals surface area contributed by atoms with Gasteiger partial charge in [-0.2, -0.15) is 0 Å². The molecule has 3 aromatic carbocycles. The van der Waals surface area contributed by atoms with E-state index in [1.54, 1.807) is 42.5 Å². The van der Waals surface area contributed by atoms with E-state index in [0.717, 1.165) is 5.69 Å². The van der Waals surface area contributed by atoms with Crippen molar-refractivity contribution < 1.29 is 14.5 Å². The van der Waals surface area contributed by atoms with Crippen molar-refractivity contribution in [3.05, 3.63) is 104 Å². The Balaban J connectivity index is 1.30. The van der Waals surface area contributed by atoms with Crippen molar-refractivity contribution in [3.8, 4) is 0 Å². The SMILES string of the molecule is O=C(C=Cc1ccc(Cl)c([N+](=O)[O-])c1)Nc1ccc(N2CCN(C(=O)c3ccc(Cl)cc3)CC2)cc1. The number of benzene rings is 3. The standard InChI is InChI=1S/C26H22Cl2N4O4/c27-20-5-3-19(4-6-20)26(34)31-15-13-30(14-16-31)22-9-7-21(8-10-22)29-25(33)12-2-18-1-11-23(28)24(17-18)32(35)36/h1-12,17H,13-16H2,(H,29,33). The first-order chi connectivity index (χ1) is 17.3. The number of anilines is 2. The molecule has 8 nitrogen and oxygen atoms in total. The van der Waals surface area contributed by atoms with Crippen molar-refractivity contribution >= 4 is 58.2 Å². The Bertz CT molecular complexity index is 1300. The summed E-state index contributed by atoms with van der Waals surface area (Å²) < 4.78 is 0. The van der Waals surface area contributed by atoms with Crippen molar-refractivity contribution in [2.75, 3.05) is 36.4 Å². The Morgan fingerprint density at radius 1 is 0.917 bits per heavy atom. The number of nitrogens with zero attached hydrogens (tertiary/aromatic N) is 3. The van der Waals surface area contributed by atoms with Crippen LogP contribution in [0.4, 0.5) is 17.1 Å². The maximum atomic E-state index is 12.7. The minimum Gasteiger partial charge on any atom is -0.368 e. The zero-order valence-electron chi connectivity index (χ0n) is 19.1. The molecule has 36 heavy (non-hydrogen) atoms.